The molecule has 2 heteroatoms. The third-order valence-corrected chi connectivity index (χ3v) is 1.15. The van der Waals surface area contributed by atoms with E-state index in [0.29, 0.717) is 12.5 Å². The van der Waals surface area contributed by atoms with Crippen molar-refractivity contribution < 1.29 is 4.74 Å². The van der Waals surface area contributed by atoms with Crippen LogP contribution in [0, 0.1) is 6.92 Å². The second-order valence-corrected chi connectivity index (χ2v) is 2.05. The number of aromatic nitrogens is 1. The van der Waals surface area contributed by atoms with Gasteiger partial charge in [-0.2, -0.15) is 0 Å². The van der Waals surface area contributed by atoms with Gasteiger partial charge in [-0.25, -0.2) is 4.98 Å². The minimum absolute atomic E-state index is 0.677. The van der Waals surface area contributed by atoms with Crippen LogP contribution in [0.1, 0.15) is 12.6 Å². The van der Waals surface area contributed by atoms with Crippen LogP contribution in [0.4, 0.5) is 0 Å². The van der Waals surface area contributed by atoms with Crippen LogP contribution in [0.15, 0.2) is 18.2 Å². The highest BCUT2D eigenvalue weighted by molar-refractivity contribution is 5.14. The van der Waals surface area contributed by atoms with E-state index in [1.807, 2.05) is 32.0 Å². The third kappa shape index (κ3) is 1.72. The van der Waals surface area contributed by atoms with Crippen molar-refractivity contribution in [3.05, 3.63) is 23.9 Å². The normalized spacial score (nSPS) is 9.40. The number of hydrogen-bond acceptors (Lipinski definition) is 2. The van der Waals surface area contributed by atoms with E-state index in [1.54, 1.807) is 0 Å². The number of pyridine rings is 1. The maximum Gasteiger partial charge on any atom is 0.213 e. The summed E-state index contributed by atoms with van der Waals surface area (Å²) in [6.45, 7) is 4.57. The molecule has 0 N–H and O–H groups in total. The predicted octanol–water partition coefficient (Wildman–Crippen LogP) is 1.79. The molecule has 0 bridgehead atoms. The highest BCUT2D eigenvalue weighted by Gasteiger charge is 1.90. The molecule has 0 fully saturated rings. The van der Waals surface area contributed by atoms with E-state index in [2.05, 4.69) is 4.98 Å². The first-order valence-electron chi connectivity index (χ1n) is 3.39. The minimum atomic E-state index is 0.677. The number of ether oxygens (including phenoxy) is 1. The molecule has 1 rings (SSSR count). The van der Waals surface area contributed by atoms with E-state index in [1.165, 1.54) is 0 Å². The van der Waals surface area contributed by atoms with Crippen molar-refractivity contribution in [3.63, 3.8) is 0 Å². The van der Waals surface area contributed by atoms with Crippen LogP contribution in [0.2, 0.25) is 0 Å². The van der Waals surface area contributed by atoms with Crippen LogP contribution in [0.3, 0.4) is 0 Å². The topological polar surface area (TPSA) is 22.1 Å². The van der Waals surface area contributed by atoms with Crippen molar-refractivity contribution in [2.45, 2.75) is 13.8 Å². The van der Waals surface area contributed by atoms with Gasteiger partial charge in [0.15, 0.2) is 0 Å². The van der Waals surface area contributed by atoms with Gasteiger partial charge in [0.05, 0.1) is 6.61 Å². The van der Waals surface area contributed by atoms with Gasteiger partial charge in [-0.3, -0.25) is 0 Å². The minimum Gasteiger partial charge on any atom is -0.478 e. The first-order valence-corrected chi connectivity index (χ1v) is 3.39. The molecule has 0 amide bonds. The third-order valence-electron chi connectivity index (χ3n) is 1.15. The lowest BCUT2D eigenvalue weighted by Gasteiger charge is -2.00. The molecule has 0 saturated heterocycles. The number of nitrogens with zero attached hydrogens (tertiary/aromatic N) is 1. The molecule has 0 aliphatic carbocycles. The van der Waals surface area contributed by atoms with Crippen LogP contribution < -0.4 is 4.74 Å². The Hall–Kier alpha value is -1.05. The van der Waals surface area contributed by atoms with E-state index < -0.39 is 0 Å². The highest BCUT2D eigenvalue weighted by Crippen LogP contribution is 2.05. The molecular formula is C8H11NO. The van der Waals surface area contributed by atoms with E-state index in [-0.39, 0.29) is 0 Å². The van der Waals surface area contributed by atoms with Crippen molar-refractivity contribution in [3.8, 4) is 5.88 Å². The SMILES string of the molecule is CCOc1cccc(C)n1. The zero-order chi connectivity index (χ0) is 7.40. The van der Waals surface area contributed by atoms with Crippen molar-refractivity contribution >= 4 is 0 Å². The van der Waals surface area contributed by atoms with Gasteiger partial charge < -0.3 is 4.74 Å². The first-order chi connectivity index (χ1) is 4.83. The summed E-state index contributed by atoms with van der Waals surface area (Å²) in [5.74, 6) is 0.711. The van der Waals surface area contributed by atoms with Gasteiger partial charge in [-0.1, -0.05) is 6.07 Å². The van der Waals surface area contributed by atoms with Gasteiger partial charge >= 0.3 is 0 Å². The number of aryl methyl sites for hydroxylation is 1. The Labute approximate surface area is 60.9 Å². The Balaban J connectivity index is 2.75. The summed E-state index contributed by atoms with van der Waals surface area (Å²) < 4.78 is 5.18. The average Bonchev–Trinajstić information content (AvgIpc) is 1.88. The standard InChI is InChI=1S/C8H11NO/c1-3-10-8-6-4-5-7(2)9-8/h4-6H,3H2,1-2H3. The fourth-order valence-electron chi connectivity index (χ4n) is 0.746. The smallest absolute Gasteiger partial charge is 0.213 e. The summed E-state index contributed by atoms with van der Waals surface area (Å²) in [7, 11) is 0. The molecule has 1 aromatic rings. The van der Waals surface area contributed by atoms with Gasteiger partial charge in [0, 0.05) is 11.8 Å². The lowest BCUT2D eigenvalue weighted by Crippen LogP contribution is -1.94. The van der Waals surface area contributed by atoms with Crippen molar-refractivity contribution in [1.29, 1.82) is 0 Å². The Morgan fingerprint density at radius 1 is 1.50 bits per heavy atom. The Kier molecular flexibility index (Phi) is 2.26. The Morgan fingerprint density at radius 3 is 2.90 bits per heavy atom. The van der Waals surface area contributed by atoms with Crippen LogP contribution >= 0.6 is 0 Å². The molecule has 0 radical (unpaired) electrons. The molecule has 0 atom stereocenters. The molecule has 1 aromatic heterocycles. The summed E-state index contributed by atoms with van der Waals surface area (Å²) in [6.07, 6.45) is 0. The Morgan fingerprint density at radius 2 is 2.30 bits per heavy atom. The molecule has 0 aliphatic heterocycles. The van der Waals surface area contributed by atoms with Gasteiger partial charge in [-0.15, -0.1) is 0 Å². The molecule has 2 nitrogen and oxygen atoms in total. The summed E-state index contributed by atoms with van der Waals surface area (Å²) in [6, 6.07) is 5.74. The van der Waals surface area contributed by atoms with Gasteiger partial charge in [-0.05, 0) is 19.9 Å². The zero-order valence-electron chi connectivity index (χ0n) is 6.29. The maximum atomic E-state index is 5.18. The molecule has 0 unspecified atom stereocenters. The molecule has 54 valence electrons. The fraction of sp³-hybridized carbons (Fsp3) is 0.375. The molecule has 0 saturated carbocycles. The lowest BCUT2D eigenvalue weighted by atomic mass is 10.4. The number of rotatable bonds is 2. The van der Waals surface area contributed by atoms with Crippen LogP contribution in [0.25, 0.3) is 0 Å². The Bertz CT molecular complexity index is 210. The molecular weight excluding hydrogens is 126 g/mol. The monoisotopic (exact) mass is 137 g/mol. The van der Waals surface area contributed by atoms with Gasteiger partial charge in [0.2, 0.25) is 5.88 Å². The predicted molar refractivity (Wildman–Crippen MR) is 40.1 cm³/mol. The molecule has 10 heavy (non-hydrogen) atoms. The second kappa shape index (κ2) is 3.20. The van der Waals surface area contributed by atoms with Crippen LogP contribution in [-0.2, 0) is 0 Å². The van der Waals surface area contributed by atoms with Gasteiger partial charge in [0.1, 0.15) is 0 Å². The largest absolute Gasteiger partial charge is 0.478 e. The summed E-state index contributed by atoms with van der Waals surface area (Å²) in [5, 5.41) is 0. The fourth-order valence-corrected chi connectivity index (χ4v) is 0.746. The average molecular weight is 137 g/mol. The molecule has 0 aromatic carbocycles. The quantitative estimate of drug-likeness (QED) is 0.620. The van der Waals surface area contributed by atoms with E-state index in [0.717, 1.165) is 5.69 Å². The summed E-state index contributed by atoms with van der Waals surface area (Å²) >= 11 is 0. The van der Waals surface area contributed by atoms with Gasteiger partial charge in [0.25, 0.3) is 0 Å². The van der Waals surface area contributed by atoms with E-state index in [4.69, 9.17) is 4.74 Å². The van der Waals surface area contributed by atoms with Crippen molar-refractivity contribution in [2.24, 2.45) is 0 Å². The molecule has 0 aliphatic rings. The maximum absolute atomic E-state index is 5.18. The molecule has 0 spiro atoms. The van der Waals surface area contributed by atoms with E-state index in [9.17, 15) is 0 Å². The summed E-state index contributed by atoms with van der Waals surface area (Å²) in [4.78, 5) is 4.14. The first kappa shape index (κ1) is 7.06. The molecule has 1 heterocycles. The van der Waals surface area contributed by atoms with Crippen molar-refractivity contribution in [2.75, 3.05) is 6.61 Å². The highest BCUT2D eigenvalue weighted by atomic mass is 16.5. The van der Waals surface area contributed by atoms with Crippen LogP contribution in [0.5, 0.6) is 5.88 Å². The number of hydrogen-bond donors (Lipinski definition) is 0. The summed E-state index contributed by atoms with van der Waals surface area (Å²) in [5.41, 5.74) is 0.992. The van der Waals surface area contributed by atoms with E-state index >= 15 is 0 Å². The zero-order valence-corrected chi connectivity index (χ0v) is 6.29. The van der Waals surface area contributed by atoms with Crippen molar-refractivity contribution in [1.82, 2.24) is 4.98 Å². The lowest BCUT2D eigenvalue weighted by molar-refractivity contribution is 0.326. The van der Waals surface area contributed by atoms with Crippen LogP contribution in [-0.4, -0.2) is 11.6 Å². The second-order valence-electron chi connectivity index (χ2n) is 2.05.